The van der Waals surface area contributed by atoms with Crippen LogP contribution in [-0.2, 0) is 4.79 Å². The molecule has 3 aromatic carbocycles. The van der Waals surface area contributed by atoms with Crippen molar-refractivity contribution in [3.05, 3.63) is 42.5 Å². The highest BCUT2D eigenvalue weighted by Gasteiger charge is 2.15. The lowest BCUT2D eigenvalue weighted by Gasteiger charge is -2.16. The molecule has 1 amide bonds. The Morgan fingerprint density at radius 3 is 2.12 bits per heavy atom. The Balaban J connectivity index is 2.24. The van der Waals surface area contributed by atoms with E-state index in [1.165, 1.54) is 0 Å². The van der Waals surface area contributed by atoms with Crippen LogP contribution in [0.25, 0.3) is 21.5 Å². The fraction of sp³-hybridized carbons (Fsp3) is 0.211. The number of ether oxygens (including phenoxy) is 2. The van der Waals surface area contributed by atoms with Crippen molar-refractivity contribution in [1.29, 1.82) is 0 Å². The van der Waals surface area contributed by atoms with Crippen molar-refractivity contribution < 1.29 is 19.4 Å². The highest BCUT2D eigenvalue weighted by atomic mass is 16.5. The van der Waals surface area contributed by atoms with E-state index >= 15 is 0 Å². The number of aliphatic hydroxyl groups excluding tert-OH is 1. The molecule has 0 heterocycles. The number of hydrogen-bond donors (Lipinski definition) is 2. The van der Waals surface area contributed by atoms with Crippen LogP contribution in [0.2, 0.25) is 0 Å². The molecular formula is C19H19NO4. The average molecular weight is 325 g/mol. The molecule has 5 heteroatoms. The van der Waals surface area contributed by atoms with Gasteiger partial charge in [-0.2, -0.15) is 0 Å². The van der Waals surface area contributed by atoms with Crippen LogP contribution in [0.5, 0.6) is 11.5 Å². The third-order valence-electron chi connectivity index (χ3n) is 3.96. The van der Waals surface area contributed by atoms with Crippen LogP contribution in [0.3, 0.4) is 0 Å². The van der Waals surface area contributed by atoms with E-state index in [1.54, 1.807) is 14.2 Å². The van der Waals surface area contributed by atoms with E-state index in [0.717, 1.165) is 33.0 Å². The van der Waals surface area contributed by atoms with Crippen LogP contribution in [0, 0.1) is 0 Å². The number of hydrogen-bond acceptors (Lipinski definition) is 4. The zero-order chi connectivity index (χ0) is 17.1. The number of carbonyl (C=O) groups excluding carboxylic acids is 1. The maximum absolute atomic E-state index is 11.7. The normalized spacial score (nSPS) is 10.8. The molecule has 3 rings (SSSR count). The maximum atomic E-state index is 11.7. The van der Waals surface area contributed by atoms with E-state index < -0.39 is 0 Å². The summed E-state index contributed by atoms with van der Waals surface area (Å²) >= 11 is 0. The summed E-state index contributed by atoms with van der Waals surface area (Å²) in [7, 11) is 3.27. The molecule has 0 aliphatic rings. The topological polar surface area (TPSA) is 67.8 Å². The Kier molecular flexibility index (Phi) is 4.53. The first-order valence-electron chi connectivity index (χ1n) is 7.66. The standard InChI is InChI=1S/C19H19NO4/c1-23-18-13-5-3-4-6-14(13)19(24-2)16-11-12(7-8-15(16)18)20-17(22)9-10-21/h3-8,11,21H,9-10H2,1-2H3,(H,20,22). The van der Waals surface area contributed by atoms with Crippen molar-refractivity contribution in [3.8, 4) is 11.5 Å². The molecule has 0 spiro atoms. The molecule has 0 atom stereocenters. The number of anilines is 1. The number of rotatable bonds is 5. The molecule has 0 aliphatic heterocycles. The molecule has 2 N–H and O–H groups in total. The Morgan fingerprint density at radius 1 is 0.958 bits per heavy atom. The summed E-state index contributed by atoms with van der Waals surface area (Å²) in [6.45, 7) is -0.179. The van der Waals surface area contributed by atoms with Gasteiger partial charge in [-0.25, -0.2) is 0 Å². The first kappa shape index (κ1) is 16.1. The van der Waals surface area contributed by atoms with Gasteiger partial charge in [0.15, 0.2) is 0 Å². The lowest BCUT2D eigenvalue weighted by Crippen LogP contribution is -2.12. The quantitative estimate of drug-likeness (QED) is 0.706. The lowest BCUT2D eigenvalue weighted by molar-refractivity contribution is -0.116. The number of fused-ring (bicyclic) bond motifs is 2. The second-order valence-corrected chi connectivity index (χ2v) is 5.39. The Morgan fingerprint density at radius 2 is 1.54 bits per heavy atom. The number of aliphatic hydroxyl groups is 1. The van der Waals surface area contributed by atoms with Gasteiger partial charge in [0, 0.05) is 27.2 Å². The van der Waals surface area contributed by atoms with E-state index in [2.05, 4.69) is 5.32 Å². The fourth-order valence-electron chi connectivity index (χ4n) is 2.94. The molecule has 0 aromatic heterocycles. The molecule has 124 valence electrons. The Hall–Kier alpha value is -2.79. The Labute approximate surface area is 139 Å². The van der Waals surface area contributed by atoms with Crippen molar-refractivity contribution in [3.63, 3.8) is 0 Å². The highest BCUT2D eigenvalue weighted by Crippen LogP contribution is 2.43. The SMILES string of the molecule is COc1c2ccccc2c(OC)c2cc(NC(=O)CCO)ccc12. The van der Waals surface area contributed by atoms with Gasteiger partial charge in [-0.3, -0.25) is 4.79 Å². The van der Waals surface area contributed by atoms with Crippen LogP contribution in [0.4, 0.5) is 5.69 Å². The molecule has 24 heavy (non-hydrogen) atoms. The summed E-state index contributed by atoms with van der Waals surface area (Å²) in [5.74, 6) is 1.28. The summed E-state index contributed by atoms with van der Waals surface area (Å²) in [6.07, 6.45) is 0.0657. The first-order chi connectivity index (χ1) is 11.7. The Bertz CT molecular complexity index is 905. The maximum Gasteiger partial charge on any atom is 0.226 e. The van der Waals surface area contributed by atoms with Crippen LogP contribution < -0.4 is 14.8 Å². The van der Waals surface area contributed by atoms with Crippen LogP contribution in [0.15, 0.2) is 42.5 Å². The van der Waals surface area contributed by atoms with Crippen LogP contribution in [-0.4, -0.2) is 31.8 Å². The first-order valence-corrected chi connectivity index (χ1v) is 7.66. The molecule has 0 bridgehead atoms. The molecule has 3 aromatic rings. The third-order valence-corrected chi connectivity index (χ3v) is 3.96. The van der Waals surface area contributed by atoms with Gasteiger partial charge in [0.2, 0.25) is 5.91 Å². The van der Waals surface area contributed by atoms with Crippen LogP contribution in [0.1, 0.15) is 6.42 Å². The molecule has 0 radical (unpaired) electrons. The van der Waals surface area contributed by atoms with Crippen molar-refractivity contribution in [2.45, 2.75) is 6.42 Å². The minimum atomic E-state index is -0.233. The van der Waals surface area contributed by atoms with Crippen molar-refractivity contribution >= 4 is 33.1 Å². The second kappa shape index (κ2) is 6.76. The molecule has 0 saturated heterocycles. The average Bonchev–Trinajstić information content (AvgIpc) is 2.59. The number of carbonyl (C=O) groups is 1. The van der Waals surface area contributed by atoms with E-state index in [0.29, 0.717) is 5.69 Å². The van der Waals surface area contributed by atoms with Gasteiger partial charge in [-0.15, -0.1) is 0 Å². The largest absolute Gasteiger partial charge is 0.495 e. The summed E-state index contributed by atoms with van der Waals surface area (Å²) < 4.78 is 11.3. The fourth-order valence-corrected chi connectivity index (χ4v) is 2.94. The summed E-state index contributed by atoms with van der Waals surface area (Å²) in [4.78, 5) is 11.7. The molecular weight excluding hydrogens is 306 g/mol. The summed E-state index contributed by atoms with van der Waals surface area (Å²) in [5, 5.41) is 15.3. The predicted molar refractivity (Wildman–Crippen MR) is 94.9 cm³/mol. The van der Waals surface area contributed by atoms with Crippen molar-refractivity contribution in [2.24, 2.45) is 0 Å². The number of benzene rings is 3. The van der Waals surface area contributed by atoms with Gasteiger partial charge >= 0.3 is 0 Å². The molecule has 0 fully saturated rings. The third kappa shape index (κ3) is 2.74. The lowest BCUT2D eigenvalue weighted by atomic mass is 10.00. The number of nitrogens with one attached hydrogen (secondary N) is 1. The predicted octanol–water partition coefficient (Wildman–Crippen LogP) is 3.33. The van der Waals surface area contributed by atoms with E-state index in [4.69, 9.17) is 14.6 Å². The van der Waals surface area contributed by atoms with E-state index in [1.807, 2.05) is 42.5 Å². The summed E-state index contributed by atoms with van der Waals surface area (Å²) in [5.41, 5.74) is 0.650. The van der Waals surface area contributed by atoms with Gasteiger partial charge in [0.05, 0.1) is 27.2 Å². The second-order valence-electron chi connectivity index (χ2n) is 5.39. The zero-order valence-electron chi connectivity index (χ0n) is 13.6. The molecule has 0 saturated carbocycles. The minimum absolute atomic E-state index is 0.0657. The van der Waals surface area contributed by atoms with Gasteiger partial charge in [-0.1, -0.05) is 24.3 Å². The van der Waals surface area contributed by atoms with Gasteiger partial charge < -0.3 is 19.9 Å². The molecule has 0 unspecified atom stereocenters. The smallest absolute Gasteiger partial charge is 0.226 e. The zero-order valence-corrected chi connectivity index (χ0v) is 13.6. The van der Waals surface area contributed by atoms with Crippen molar-refractivity contribution in [2.75, 3.05) is 26.1 Å². The summed E-state index contributed by atoms with van der Waals surface area (Å²) in [6, 6.07) is 13.5. The number of amides is 1. The monoisotopic (exact) mass is 325 g/mol. The van der Waals surface area contributed by atoms with E-state index in [9.17, 15) is 4.79 Å². The minimum Gasteiger partial charge on any atom is -0.495 e. The van der Waals surface area contributed by atoms with Crippen LogP contribution >= 0.6 is 0 Å². The van der Waals surface area contributed by atoms with Gasteiger partial charge in [0.1, 0.15) is 11.5 Å². The molecule has 5 nitrogen and oxygen atoms in total. The van der Waals surface area contributed by atoms with E-state index in [-0.39, 0.29) is 18.9 Å². The highest BCUT2D eigenvalue weighted by molar-refractivity contribution is 6.12. The van der Waals surface area contributed by atoms with Gasteiger partial charge in [0.25, 0.3) is 0 Å². The number of methoxy groups -OCH3 is 2. The van der Waals surface area contributed by atoms with Gasteiger partial charge in [-0.05, 0) is 18.2 Å². The van der Waals surface area contributed by atoms with Crippen molar-refractivity contribution in [1.82, 2.24) is 0 Å². The molecule has 0 aliphatic carbocycles.